The largest absolute Gasteiger partial charge is 0.464 e. The zero-order valence-electron chi connectivity index (χ0n) is 9.41. The van der Waals surface area contributed by atoms with Gasteiger partial charge in [-0.25, -0.2) is 0 Å². The van der Waals surface area contributed by atoms with E-state index in [1.165, 1.54) is 43.3 Å². The summed E-state index contributed by atoms with van der Waals surface area (Å²) < 4.78 is 5.35. The molecule has 1 saturated heterocycles. The highest BCUT2D eigenvalue weighted by Crippen LogP contribution is 2.22. The van der Waals surface area contributed by atoms with Gasteiger partial charge in [-0.05, 0) is 62.0 Å². The van der Waals surface area contributed by atoms with E-state index in [2.05, 4.69) is 23.5 Å². The maximum atomic E-state index is 5.35. The molecule has 0 unspecified atom stereocenters. The summed E-state index contributed by atoms with van der Waals surface area (Å²) in [4.78, 5) is 0. The topological polar surface area (TPSA) is 25.2 Å². The lowest BCUT2D eigenvalue weighted by atomic mass is 9.91. The second-order valence-corrected chi connectivity index (χ2v) is 4.69. The molecule has 0 radical (unpaired) electrons. The highest BCUT2D eigenvalue weighted by molar-refractivity contribution is 5.77. The van der Waals surface area contributed by atoms with Crippen LogP contribution in [0.2, 0.25) is 0 Å². The predicted octanol–water partition coefficient (Wildman–Crippen LogP) is 2.97. The summed E-state index contributed by atoms with van der Waals surface area (Å²) in [6.45, 7) is 2.36. The Morgan fingerprint density at radius 2 is 2.06 bits per heavy atom. The van der Waals surface area contributed by atoms with Gasteiger partial charge in [-0.15, -0.1) is 0 Å². The van der Waals surface area contributed by atoms with Crippen LogP contribution in [0.1, 0.15) is 18.4 Å². The van der Waals surface area contributed by atoms with Crippen LogP contribution in [-0.4, -0.2) is 13.1 Å². The molecule has 2 aromatic rings. The molecular weight excluding hydrogens is 198 g/mol. The van der Waals surface area contributed by atoms with Gasteiger partial charge in [-0.2, -0.15) is 0 Å². The van der Waals surface area contributed by atoms with Crippen LogP contribution in [0.15, 0.2) is 34.9 Å². The second-order valence-electron chi connectivity index (χ2n) is 4.69. The van der Waals surface area contributed by atoms with Crippen molar-refractivity contribution in [3.63, 3.8) is 0 Å². The monoisotopic (exact) mass is 215 g/mol. The van der Waals surface area contributed by atoms with E-state index in [-0.39, 0.29) is 0 Å². The summed E-state index contributed by atoms with van der Waals surface area (Å²) >= 11 is 0. The number of rotatable bonds is 2. The Hall–Kier alpha value is -1.28. The first-order chi connectivity index (χ1) is 7.92. The number of nitrogens with one attached hydrogen (secondary N) is 1. The first kappa shape index (κ1) is 9.91. The van der Waals surface area contributed by atoms with Crippen LogP contribution < -0.4 is 5.32 Å². The minimum Gasteiger partial charge on any atom is -0.464 e. The number of hydrogen-bond donors (Lipinski definition) is 1. The van der Waals surface area contributed by atoms with Crippen molar-refractivity contribution in [3.8, 4) is 0 Å². The molecule has 2 heterocycles. The van der Waals surface area contributed by atoms with Crippen LogP contribution in [0.3, 0.4) is 0 Å². The Bertz CT molecular complexity index is 468. The Morgan fingerprint density at radius 1 is 1.19 bits per heavy atom. The minimum absolute atomic E-state index is 0.852. The average molecular weight is 215 g/mol. The van der Waals surface area contributed by atoms with E-state index in [4.69, 9.17) is 4.42 Å². The van der Waals surface area contributed by atoms with E-state index in [9.17, 15) is 0 Å². The molecule has 16 heavy (non-hydrogen) atoms. The van der Waals surface area contributed by atoms with Crippen LogP contribution in [0.4, 0.5) is 0 Å². The van der Waals surface area contributed by atoms with Gasteiger partial charge in [0.25, 0.3) is 0 Å². The van der Waals surface area contributed by atoms with Gasteiger partial charge < -0.3 is 9.73 Å². The fraction of sp³-hybridized carbons (Fsp3) is 0.429. The van der Waals surface area contributed by atoms with Crippen molar-refractivity contribution in [2.45, 2.75) is 19.3 Å². The van der Waals surface area contributed by atoms with Crippen LogP contribution in [0.25, 0.3) is 11.0 Å². The van der Waals surface area contributed by atoms with Gasteiger partial charge in [-0.3, -0.25) is 0 Å². The van der Waals surface area contributed by atoms with Crippen LogP contribution in [0.5, 0.6) is 0 Å². The average Bonchev–Trinajstić information content (AvgIpc) is 2.77. The third-order valence-electron chi connectivity index (χ3n) is 3.50. The highest BCUT2D eigenvalue weighted by Gasteiger charge is 2.13. The second kappa shape index (κ2) is 4.30. The van der Waals surface area contributed by atoms with E-state index in [1.807, 2.05) is 6.07 Å². The van der Waals surface area contributed by atoms with E-state index in [1.54, 1.807) is 6.26 Å². The first-order valence-electron chi connectivity index (χ1n) is 6.09. The van der Waals surface area contributed by atoms with E-state index < -0.39 is 0 Å². The lowest BCUT2D eigenvalue weighted by Crippen LogP contribution is -2.28. The molecule has 0 bridgehead atoms. The number of hydrogen-bond acceptors (Lipinski definition) is 2. The molecule has 84 valence electrons. The summed E-state index contributed by atoms with van der Waals surface area (Å²) in [5.41, 5.74) is 2.44. The Kier molecular flexibility index (Phi) is 2.66. The van der Waals surface area contributed by atoms with Gasteiger partial charge in [-0.1, -0.05) is 6.07 Å². The predicted molar refractivity (Wildman–Crippen MR) is 65.5 cm³/mol. The molecule has 3 rings (SSSR count). The van der Waals surface area contributed by atoms with Crippen LogP contribution in [-0.2, 0) is 6.42 Å². The molecule has 1 aliphatic heterocycles. The van der Waals surface area contributed by atoms with Crippen molar-refractivity contribution in [1.29, 1.82) is 0 Å². The number of furan rings is 1. The molecule has 0 atom stereocenters. The quantitative estimate of drug-likeness (QED) is 0.833. The van der Waals surface area contributed by atoms with Crippen LogP contribution >= 0.6 is 0 Å². The van der Waals surface area contributed by atoms with Gasteiger partial charge >= 0.3 is 0 Å². The number of piperidine rings is 1. The molecule has 1 aromatic heterocycles. The summed E-state index contributed by atoms with van der Waals surface area (Å²) in [6, 6.07) is 8.60. The van der Waals surface area contributed by atoms with Crippen LogP contribution in [0, 0.1) is 5.92 Å². The molecule has 1 fully saturated rings. The van der Waals surface area contributed by atoms with Crippen molar-refractivity contribution >= 4 is 11.0 Å². The molecule has 1 aliphatic rings. The normalized spacial score (nSPS) is 18.0. The molecule has 0 aliphatic carbocycles. The highest BCUT2D eigenvalue weighted by atomic mass is 16.3. The summed E-state index contributed by atoms with van der Waals surface area (Å²) in [7, 11) is 0. The Morgan fingerprint density at radius 3 is 2.94 bits per heavy atom. The number of fused-ring (bicyclic) bond motifs is 1. The maximum Gasteiger partial charge on any atom is 0.133 e. The Labute approximate surface area is 95.6 Å². The van der Waals surface area contributed by atoms with Crippen molar-refractivity contribution < 1.29 is 4.42 Å². The van der Waals surface area contributed by atoms with E-state index in [0.717, 1.165) is 11.5 Å². The van der Waals surface area contributed by atoms with E-state index in [0.29, 0.717) is 0 Å². The smallest absolute Gasteiger partial charge is 0.133 e. The van der Waals surface area contributed by atoms with Gasteiger partial charge in [0.05, 0.1) is 6.26 Å². The van der Waals surface area contributed by atoms with Gasteiger partial charge in [0.15, 0.2) is 0 Å². The third-order valence-corrected chi connectivity index (χ3v) is 3.50. The standard InChI is InChI=1S/C14H17NO/c1-2-14-13(5-8-16-14)10-12(1)9-11-3-6-15-7-4-11/h1-2,5,8,10-11,15H,3-4,6-7,9H2. The SMILES string of the molecule is c1cc2cc(CC3CCNCC3)ccc2o1. The molecule has 1 N–H and O–H groups in total. The zero-order valence-corrected chi connectivity index (χ0v) is 9.41. The molecule has 1 aromatic carbocycles. The fourth-order valence-corrected chi connectivity index (χ4v) is 2.56. The molecule has 2 nitrogen and oxygen atoms in total. The zero-order chi connectivity index (χ0) is 10.8. The lowest BCUT2D eigenvalue weighted by Gasteiger charge is -2.22. The van der Waals surface area contributed by atoms with Crippen molar-refractivity contribution in [3.05, 3.63) is 36.1 Å². The van der Waals surface area contributed by atoms with Gasteiger partial charge in [0.2, 0.25) is 0 Å². The van der Waals surface area contributed by atoms with E-state index >= 15 is 0 Å². The lowest BCUT2D eigenvalue weighted by molar-refractivity contribution is 0.373. The van der Waals surface area contributed by atoms with Crippen molar-refractivity contribution in [2.24, 2.45) is 5.92 Å². The summed E-state index contributed by atoms with van der Waals surface area (Å²) in [6.07, 6.45) is 5.59. The third kappa shape index (κ3) is 1.98. The molecule has 2 heteroatoms. The molecule has 0 saturated carbocycles. The Balaban J connectivity index is 1.77. The maximum absolute atomic E-state index is 5.35. The number of benzene rings is 1. The van der Waals surface area contributed by atoms with Gasteiger partial charge in [0, 0.05) is 5.39 Å². The van der Waals surface area contributed by atoms with Gasteiger partial charge in [0.1, 0.15) is 5.58 Å². The fourth-order valence-electron chi connectivity index (χ4n) is 2.56. The summed E-state index contributed by atoms with van der Waals surface area (Å²) in [5, 5.41) is 4.64. The molecule has 0 amide bonds. The van der Waals surface area contributed by atoms with Crippen molar-refractivity contribution in [1.82, 2.24) is 5.32 Å². The molecular formula is C14H17NO. The molecule has 0 spiro atoms. The first-order valence-corrected chi connectivity index (χ1v) is 6.09. The van der Waals surface area contributed by atoms with Crippen molar-refractivity contribution in [2.75, 3.05) is 13.1 Å². The summed E-state index contributed by atoms with van der Waals surface area (Å²) in [5.74, 6) is 0.852. The minimum atomic E-state index is 0.852.